The maximum Gasteiger partial charge on any atom is 0.139 e. The van der Waals surface area contributed by atoms with Gasteiger partial charge in [0.15, 0.2) is 0 Å². The number of nitrogens with zero attached hydrogens (tertiary/aromatic N) is 2. The average Bonchev–Trinajstić information content (AvgIpc) is 3.32. The number of rotatable bonds is 7. The normalized spacial score (nSPS) is 30.7. The lowest BCUT2D eigenvalue weighted by Gasteiger charge is -2.18. The van der Waals surface area contributed by atoms with Crippen molar-refractivity contribution in [2.75, 3.05) is 26.2 Å². The molecule has 4 N–H and O–H groups in total. The number of oxime groups is 1. The van der Waals surface area contributed by atoms with E-state index in [0.717, 1.165) is 31.5 Å². The third-order valence-corrected chi connectivity index (χ3v) is 4.96. The van der Waals surface area contributed by atoms with E-state index in [1.54, 1.807) is 0 Å². The third kappa shape index (κ3) is 3.39. The topological polar surface area (TPSA) is 73.9 Å². The quantitative estimate of drug-likeness (QED) is 0.278. The minimum Gasteiger partial charge on any atom is -0.409 e. The highest BCUT2D eigenvalue weighted by atomic mass is 16.4. The van der Waals surface area contributed by atoms with Crippen LogP contribution in [-0.2, 0) is 0 Å². The fourth-order valence-electron chi connectivity index (χ4n) is 3.35. The van der Waals surface area contributed by atoms with Crippen molar-refractivity contribution in [1.82, 2.24) is 10.2 Å². The zero-order valence-corrected chi connectivity index (χ0v) is 11.6. The molecule has 1 atom stereocenters. The second-order valence-corrected chi connectivity index (χ2v) is 6.78. The Bertz CT molecular complexity index is 349. The van der Waals surface area contributed by atoms with E-state index in [1.807, 2.05) is 0 Å². The zero-order chi connectivity index (χ0) is 13.3. The molecule has 3 fully saturated rings. The van der Waals surface area contributed by atoms with Crippen molar-refractivity contribution in [2.45, 2.75) is 44.6 Å². The molecule has 108 valence electrons. The maximum absolute atomic E-state index is 8.65. The summed E-state index contributed by atoms with van der Waals surface area (Å²) in [5.74, 6) is 1.19. The van der Waals surface area contributed by atoms with E-state index < -0.39 is 0 Å². The van der Waals surface area contributed by atoms with Gasteiger partial charge in [-0.15, -0.1) is 0 Å². The van der Waals surface area contributed by atoms with Gasteiger partial charge in [0.25, 0.3) is 0 Å². The van der Waals surface area contributed by atoms with Crippen molar-refractivity contribution in [3.05, 3.63) is 0 Å². The van der Waals surface area contributed by atoms with E-state index in [9.17, 15) is 0 Å². The van der Waals surface area contributed by atoms with Crippen molar-refractivity contribution in [3.8, 4) is 0 Å². The van der Waals surface area contributed by atoms with Crippen LogP contribution in [0.4, 0.5) is 0 Å². The monoisotopic (exact) mass is 266 g/mol. The number of hydrogen-bond donors (Lipinski definition) is 3. The zero-order valence-electron chi connectivity index (χ0n) is 11.6. The van der Waals surface area contributed by atoms with E-state index in [0.29, 0.717) is 5.84 Å². The molecule has 0 aromatic rings. The largest absolute Gasteiger partial charge is 0.409 e. The summed E-state index contributed by atoms with van der Waals surface area (Å²) in [7, 11) is 0. The highest BCUT2D eigenvalue weighted by molar-refractivity contribution is 5.80. The van der Waals surface area contributed by atoms with E-state index in [2.05, 4.69) is 15.4 Å². The van der Waals surface area contributed by atoms with Gasteiger partial charge in [-0.2, -0.15) is 0 Å². The van der Waals surface area contributed by atoms with Crippen LogP contribution in [0.3, 0.4) is 0 Å². The average molecular weight is 266 g/mol. The van der Waals surface area contributed by atoms with Crippen LogP contribution in [-0.4, -0.2) is 48.2 Å². The molecule has 1 saturated heterocycles. The Labute approximate surface area is 115 Å². The smallest absolute Gasteiger partial charge is 0.139 e. The van der Waals surface area contributed by atoms with Crippen molar-refractivity contribution in [2.24, 2.45) is 22.2 Å². The summed E-state index contributed by atoms with van der Waals surface area (Å²) in [5.41, 5.74) is 5.90. The van der Waals surface area contributed by atoms with E-state index >= 15 is 0 Å². The predicted octanol–water partition coefficient (Wildman–Crippen LogP) is 0.977. The Morgan fingerprint density at radius 1 is 1.37 bits per heavy atom. The van der Waals surface area contributed by atoms with E-state index in [-0.39, 0.29) is 5.41 Å². The molecule has 1 heterocycles. The summed E-state index contributed by atoms with van der Waals surface area (Å²) in [5, 5.41) is 15.4. The molecule has 5 heteroatoms. The lowest BCUT2D eigenvalue weighted by molar-refractivity contribution is 0.308. The minimum atomic E-state index is 0.283. The Hall–Kier alpha value is -0.810. The van der Waals surface area contributed by atoms with Gasteiger partial charge in [0.2, 0.25) is 0 Å². The molecule has 1 aliphatic heterocycles. The van der Waals surface area contributed by atoms with Crippen molar-refractivity contribution in [1.29, 1.82) is 0 Å². The first-order valence-corrected chi connectivity index (χ1v) is 7.62. The predicted molar refractivity (Wildman–Crippen MR) is 75.3 cm³/mol. The van der Waals surface area contributed by atoms with Crippen LogP contribution in [0, 0.1) is 11.3 Å². The van der Waals surface area contributed by atoms with Crippen LogP contribution in [0.2, 0.25) is 0 Å². The summed E-state index contributed by atoms with van der Waals surface area (Å²) in [6.45, 7) is 4.72. The summed E-state index contributed by atoms with van der Waals surface area (Å²) in [6.07, 6.45) is 7.32. The second kappa shape index (κ2) is 5.29. The van der Waals surface area contributed by atoms with Crippen LogP contribution < -0.4 is 11.1 Å². The molecular weight excluding hydrogens is 240 g/mol. The molecule has 0 aromatic carbocycles. The van der Waals surface area contributed by atoms with Gasteiger partial charge in [-0.3, -0.25) is 0 Å². The number of nitrogens with two attached hydrogens (primary N) is 1. The van der Waals surface area contributed by atoms with Gasteiger partial charge in [-0.25, -0.2) is 0 Å². The minimum absolute atomic E-state index is 0.283. The molecule has 2 saturated carbocycles. The van der Waals surface area contributed by atoms with Gasteiger partial charge in [0.05, 0.1) is 0 Å². The summed E-state index contributed by atoms with van der Waals surface area (Å²) in [6, 6.07) is 0.917. The van der Waals surface area contributed by atoms with Gasteiger partial charge < -0.3 is 21.2 Å². The van der Waals surface area contributed by atoms with Crippen molar-refractivity contribution < 1.29 is 5.21 Å². The lowest BCUT2D eigenvalue weighted by Crippen LogP contribution is -2.33. The summed E-state index contributed by atoms with van der Waals surface area (Å²) < 4.78 is 0. The number of hydrogen-bond acceptors (Lipinski definition) is 4. The van der Waals surface area contributed by atoms with Crippen LogP contribution >= 0.6 is 0 Å². The molecule has 0 radical (unpaired) electrons. The van der Waals surface area contributed by atoms with Crippen LogP contribution in [0.5, 0.6) is 0 Å². The molecule has 3 rings (SSSR count). The first kappa shape index (κ1) is 13.2. The fourth-order valence-corrected chi connectivity index (χ4v) is 3.35. The number of likely N-dealkylation sites (tertiary alicyclic amines) is 1. The van der Waals surface area contributed by atoms with Crippen LogP contribution in [0.1, 0.15) is 38.5 Å². The Balaban J connectivity index is 1.34. The third-order valence-electron chi connectivity index (χ3n) is 4.96. The Kier molecular flexibility index (Phi) is 3.67. The van der Waals surface area contributed by atoms with E-state index in [4.69, 9.17) is 10.9 Å². The number of nitrogens with one attached hydrogen (secondary N) is 1. The second-order valence-electron chi connectivity index (χ2n) is 6.78. The first-order valence-electron chi connectivity index (χ1n) is 7.62. The molecule has 1 unspecified atom stereocenters. The molecule has 0 amide bonds. The highest BCUT2D eigenvalue weighted by Gasteiger charge is 2.43. The van der Waals surface area contributed by atoms with Gasteiger partial charge in [-0.05, 0) is 56.5 Å². The first-order chi connectivity index (χ1) is 9.21. The SMILES string of the molecule is NC(CC1(CNCC2CCN(C3CC3)C2)CC1)=NO. The molecular formula is C14H26N4O. The van der Waals surface area contributed by atoms with Crippen molar-refractivity contribution >= 4 is 5.84 Å². The fraction of sp³-hybridized carbons (Fsp3) is 0.929. The molecule has 19 heavy (non-hydrogen) atoms. The van der Waals surface area contributed by atoms with Crippen LogP contribution in [0.15, 0.2) is 5.16 Å². The highest BCUT2D eigenvalue weighted by Crippen LogP contribution is 2.48. The molecule has 2 aliphatic carbocycles. The van der Waals surface area contributed by atoms with Crippen LogP contribution in [0.25, 0.3) is 0 Å². The molecule has 0 bridgehead atoms. The summed E-state index contributed by atoms with van der Waals surface area (Å²) in [4.78, 5) is 2.66. The Morgan fingerprint density at radius 2 is 2.16 bits per heavy atom. The van der Waals surface area contributed by atoms with Gasteiger partial charge >= 0.3 is 0 Å². The van der Waals surface area contributed by atoms with Gasteiger partial charge in [-0.1, -0.05) is 5.16 Å². The lowest BCUT2D eigenvalue weighted by atomic mass is 10.0. The molecule has 5 nitrogen and oxygen atoms in total. The van der Waals surface area contributed by atoms with Gasteiger partial charge in [0, 0.05) is 25.6 Å². The van der Waals surface area contributed by atoms with Gasteiger partial charge in [0.1, 0.15) is 5.84 Å². The standard InChI is InChI=1S/C14H26N4O/c15-13(17-19)7-14(4-5-14)10-16-8-11-3-6-18(9-11)12-1-2-12/h11-12,16,19H,1-10H2,(H2,15,17). The molecule has 0 aromatic heterocycles. The van der Waals surface area contributed by atoms with E-state index in [1.165, 1.54) is 45.2 Å². The summed E-state index contributed by atoms with van der Waals surface area (Å²) >= 11 is 0. The Morgan fingerprint density at radius 3 is 2.79 bits per heavy atom. The van der Waals surface area contributed by atoms with Crippen molar-refractivity contribution in [3.63, 3.8) is 0 Å². The number of amidine groups is 1. The molecule has 0 spiro atoms. The maximum atomic E-state index is 8.65. The molecule has 3 aliphatic rings.